The van der Waals surface area contributed by atoms with Crippen molar-refractivity contribution in [2.75, 3.05) is 26.2 Å². The van der Waals surface area contributed by atoms with Crippen LogP contribution >= 0.6 is 0 Å². The molecule has 1 atom stereocenters. The molecule has 1 aliphatic carbocycles. The zero-order valence-corrected chi connectivity index (χ0v) is 21.2. The number of carbonyl (C=O) groups excluding carboxylic acids is 1. The van der Waals surface area contributed by atoms with Gasteiger partial charge in [-0.15, -0.1) is 0 Å². The first-order valence-electron chi connectivity index (χ1n) is 13.9. The molecule has 1 saturated carbocycles. The normalized spacial score (nSPS) is 23.7. The number of rotatable bonds is 4. The second-order valence-electron chi connectivity index (χ2n) is 11.2. The van der Waals surface area contributed by atoms with Gasteiger partial charge in [-0.1, -0.05) is 49.2 Å². The van der Waals surface area contributed by atoms with Gasteiger partial charge < -0.3 is 19.3 Å². The van der Waals surface area contributed by atoms with E-state index < -0.39 is 5.60 Å². The molecule has 3 aromatic rings. The molecule has 3 heterocycles. The van der Waals surface area contributed by atoms with Crippen LogP contribution in [0.1, 0.15) is 85.4 Å². The summed E-state index contributed by atoms with van der Waals surface area (Å²) in [5.41, 5.74) is 2.23. The van der Waals surface area contributed by atoms with Gasteiger partial charge in [-0.05, 0) is 80.2 Å². The van der Waals surface area contributed by atoms with Crippen molar-refractivity contribution in [2.45, 2.75) is 75.3 Å². The molecule has 3 fully saturated rings. The van der Waals surface area contributed by atoms with Crippen LogP contribution in [0, 0.1) is 0 Å². The van der Waals surface area contributed by atoms with Gasteiger partial charge in [-0.3, -0.25) is 4.79 Å². The second kappa shape index (κ2) is 10.0. The van der Waals surface area contributed by atoms with E-state index in [0.29, 0.717) is 23.3 Å². The zero-order chi connectivity index (χ0) is 24.5. The summed E-state index contributed by atoms with van der Waals surface area (Å²) >= 11 is 0. The highest BCUT2D eigenvalue weighted by molar-refractivity contribution is 5.96. The van der Waals surface area contributed by atoms with Gasteiger partial charge in [0, 0.05) is 37.6 Å². The zero-order valence-electron chi connectivity index (χ0n) is 21.2. The summed E-state index contributed by atoms with van der Waals surface area (Å²) in [6.45, 7) is 3.42. The van der Waals surface area contributed by atoms with Crippen LogP contribution in [0.25, 0.3) is 11.0 Å². The molecular weight excluding hydrogens is 448 g/mol. The molecule has 2 aliphatic heterocycles. The third kappa shape index (κ3) is 4.71. The van der Waals surface area contributed by atoms with Crippen molar-refractivity contribution in [1.29, 1.82) is 0 Å². The fourth-order valence-electron chi connectivity index (χ4n) is 6.77. The smallest absolute Gasteiger partial charge is 0.289 e. The topological polar surface area (TPSA) is 56.9 Å². The van der Waals surface area contributed by atoms with Crippen LogP contribution in [-0.2, 0) is 5.60 Å². The minimum atomic E-state index is -0.804. The molecule has 5 heteroatoms. The van der Waals surface area contributed by atoms with E-state index in [4.69, 9.17) is 4.42 Å². The van der Waals surface area contributed by atoms with E-state index in [-0.39, 0.29) is 5.91 Å². The van der Waals surface area contributed by atoms with E-state index in [1.807, 2.05) is 29.2 Å². The molecule has 1 aromatic heterocycles. The Labute approximate surface area is 214 Å². The molecule has 2 saturated heterocycles. The summed E-state index contributed by atoms with van der Waals surface area (Å²) in [7, 11) is 0. The predicted octanol–water partition coefficient (Wildman–Crippen LogP) is 6.07. The monoisotopic (exact) mass is 486 g/mol. The van der Waals surface area contributed by atoms with Crippen molar-refractivity contribution in [2.24, 2.45) is 0 Å². The molecule has 0 bridgehead atoms. The van der Waals surface area contributed by atoms with Gasteiger partial charge in [0.05, 0.1) is 5.60 Å². The van der Waals surface area contributed by atoms with Crippen LogP contribution in [0.5, 0.6) is 0 Å². The van der Waals surface area contributed by atoms with E-state index in [9.17, 15) is 9.90 Å². The van der Waals surface area contributed by atoms with Gasteiger partial charge in [-0.25, -0.2) is 0 Å². The predicted molar refractivity (Wildman–Crippen MR) is 142 cm³/mol. The van der Waals surface area contributed by atoms with E-state index in [0.717, 1.165) is 69.2 Å². The highest BCUT2D eigenvalue weighted by atomic mass is 16.3. The first kappa shape index (κ1) is 23.7. The Morgan fingerprint density at radius 3 is 2.42 bits per heavy atom. The lowest BCUT2D eigenvalue weighted by atomic mass is 9.83. The highest BCUT2D eigenvalue weighted by Crippen LogP contribution is 2.37. The summed E-state index contributed by atoms with van der Waals surface area (Å²) in [5, 5.41) is 12.4. The van der Waals surface area contributed by atoms with Gasteiger partial charge in [0.15, 0.2) is 5.76 Å². The number of benzene rings is 2. The molecule has 36 heavy (non-hydrogen) atoms. The Morgan fingerprint density at radius 2 is 1.64 bits per heavy atom. The molecule has 1 unspecified atom stereocenters. The molecule has 3 aliphatic rings. The van der Waals surface area contributed by atoms with E-state index in [2.05, 4.69) is 35.2 Å². The first-order valence-corrected chi connectivity index (χ1v) is 13.9. The van der Waals surface area contributed by atoms with Crippen molar-refractivity contribution in [3.63, 3.8) is 0 Å². The lowest BCUT2D eigenvalue weighted by Crippen LogP contribution is -2.46. The van der Waals surface area contributed by atoms with Crippen molar-refractivity contribution in [1.82, 2.24) is 9.80 Å². The average Bonchev–Trinajstić information content (AvgIpc) is 3.54. The van der Waals surface area contributed by atoms with Crippen LogP contribution in [0.15, 0.2) is 59.0 Å². The van der Waals surface area contributed by atoms with Crippen LogP contribution in [0.3, 0.4) is 0 Å². The Hall–Kier alpha value is -2.63. The third-order valence-corrected chi connectivity index (χ3v) is 9.02. The molecule has 1 amide bonds. The van der Waals surface area contributed by atoms with Crippen molar-refractivity contribution in [3.8, 4) is 0 Å². The largest absolute Gasteiger partial charge is 0.451 e. The van der Waals surface area contributed by atoms with Crippen molar-refractivity contribution >= 4 is 16.9 Å². The highest BCUT2D eigenvalue weighted by Gasteiger charge is 2.37. The van der Waals surface area contributed by atoms with Gasteiger partial charge in [0.1, 0.15) is 5.58 Å². The van der Waals surface area contributed by atoms with Gasteiger partial charge >= 0.3 is 0 Å². The van der Waals surface area contributed by atoms with Crippen LogP contribution in [-0.4, -0.2) is 53.0 Å². The maximum atomic E-state index is 13.4. The van der Waals surface area contributed by atoms with Crippen molar-refractivity contribution < 1.29 is 14.3 Å². The molecular formula is C31H38N2O3. The summed E-state index contributed by atoms with van der Waals surface area (Å²) < 4.78 is 6.01. The molecule has 2 aromatic carbocycles. The fraction of sp³-hybridized carbons (Fsp3) is 0.516. The van der Waals surface area contributed by atoms with Crippen LogP contribution in [0.2, 0.25) is 0 Å². The number of likely N-dealkylation sites (tertiary alicyclic amines) is 2. The number of piperidine rings is 1. The number of aliphatic hydroxyl groups is 1. The number of nitrogens with zero attached hydrogens (tertiary/aromatic N) is 2. The minimum absolute atomic E-state index is 0.0231. The number of carbonyl (C=O) groups is 1. The molecule has 0 radical (unpaired) electrons. The Morgan fingerprint density at radius 1 is 0.861 bits per heavy atom. The van der Waals surface area contributed by atoms with Gasteiger partial charge in [0.25, 0.3) is 5.91 Å². The van der Waals surface area contributed by atoms with Crippen LogP contribution < -0.4 is 0 Å². The molecule has 0 spiro atoms. The molecule has 1 N–H and O–H groups in total. The third-order valence-electron chi connectivity index (χ3n) is 9.02. The first-order chi connectivity index (χ1) is 17.6. The molecule has 6 rings (SSSR count). The summed E-state index contributed by atoms with van der Waals surface area (Å²) in [5.74, 6) is 0.886. The number of hydrogen-bond acceptors (Lipinski definition) is 4. The Balaban J connectivity index is 1.14. The summed E-state index contributed by atoms with van der Waals surface area (Å²) in [6.07, 6.45) is 9.90. The van der Waals surface area contributed by atoms with Crippen LogP contribution in [0.4, 0.5) is 0 Å². The van der Waals surface area contributed by atoms with E-state index >= 15 is 0 Å². The second-order valence-corrected chi connectivity index (χ2v) is 11.2. The molecule has 5 nitrogen and oxygen atoms in total. The number of fused-ring (bicyclic) bond motifs is 1. The number of amides is 1. The van der Waals surface area contributed by atoms with E-state index in [1.54, 1.807) is 0 Å². The standard InChI is InChI=1S/C31H38N2O3/c34-30(33-17-6-9-24(14-18-33)23-7-2-1-3-8-23)29-22-25-21-26(12-13-28(25)36-29)31(35)15-19-32(20-16-31)27-10-4-5-11-27/h1-3,7-8,12-13,21-22,24,27,35H,4-6,9-11,14-20H2. The molecule has 190 valence electrons. The van der Waals surface area contributed by atoms with Crippen molar-refractivity contribution in [3.05, 3.63) is 71.5 Å². The maximum Gasteiger partial charge on any atom is 0.289 e. The number of furan rings is 1. The Bertz CT molecular complexity index is 1190. The van der Waals surface area contributed by atoms with Gasteiger partial charge in [0.2, 0.25) is 0 Å². The maximum absolute atomic E-state index is 13.4. The number of hydrogen-bond donors (Lipinski definition) is 1. The fourth-order valence-corrected chi connectivity index (χ4v) is 6.77. The summed E-state index contributed by atoms with van der Waals surface area (Å²) in [6, 6.07) is 19.2. The lowest BCUT2D eigenvalue weighted by Gasteiger charge is -2.41. The Kier molecular flexibility index (Phi) is 6.61. The average molecular weight is 487 g/mol. The summed E-state index contributed by atoms with van der Waals surface area (Å²) in [4.78, 5) is 17.9. The van der Waals surface area contributed by atoms with E-state index in [1.165, 1.54) is 31.2 Å². The van der Waals surface area contributed by atoms with Gasteiger partial charge in [-0.2, -0.15) is 0 Å². The SMILES string of the molecule is O=C(c1cc2cc(C3(O)CCN(C4CCCC4)CC3)ccc2o1)N1CCCC(c2ccccc2)CC1. The quantitative estimate of drug-likeness (QED) is 0.486. The lowest BCUT2D eigenvalue weighted by molar-refractivity contribution is -0.0349. The minimum Gasteiger partial charge on any atom is -0.451 e.